The summed E-state index contributed by atoms with van der Waals surface area (Å²) in [4.78, 5) is 11.2. The highest BCUT2D eigenvalue weighted by molar-refractivity contribution is 5.72. The molecule has 0 saturated heterocycles. The van der Waals surface area contributed by atoms with E-state index in [2.05, 4.69) is 15.5 Å². The van der Waals surface area contributed by atoms with Crippen molar-refractivity contribution in [2.45, 2.75) is 25.8 Å². The summed E-state index contributed by atoms with van der Waals surface area (Å²) < 4.78 is 27.3. The first kappa shape index (κ1) is 14.0. The quantitative estimate of drug-likeness (QED) is 0.907. The smallest absolute Gasteiger partial charge is 0.328 e. The minimum Gasteiger partial charge on any atom is -0.480 e. The summed E-state index contributed by atoms with van der Waals surface area (Å²) in [6, 6.07) is 2.23. The van der Waals surface area contributed by atoms with E-state index in [0.717, 1.165) is 16.8 Å². The normalized spacial score (nSPS) is 12.3. The molecule has 6 nitrogen and oxygen atoms in total. The summed E-state index contributed by atoms with van der Waals surface area (Å²) in [6.07, 6.45) is 0.949. The van der Waals surface area contributed by atoms with Crippen molar-refractivity contribution in [3.05, 3.63) is 29.8 Å². The van der Waals surface area contributed by atoms with Crippen LogP contribution in [0.2, 0.25) is 0 Å². The summed E-state index contributed by atoms with van der Waals surface area (Å²) in [5.41, 5.74) is 0.219. The van der Waals surface area contributed by atoms with Gasteiger partial charge in [-0.05, 0) is 35.0 Å². The molecule has 2 rings (SSSR count). The van der Waals surface area contributed by atoms with Gasteiger partial charge in [-0.1, -0.05) is 13.3 Å². The Labute approximate surface area is 113 Å². The molecule has 1 aromatic carbocycles. The van der Waals surface area contributed by atoms with Crippen LogP contribution in [0.3, 0.4) is 0 Å². The Kier molecular flexibility index (Phi) is 4.02. The minimum atomic E-state index is -1.08. The summed E-state index contributed by atoms with van der Waals surface area (Å²) in [7, 11) is 0. The predicted molar refractivity (Wildman–Crippen MR) is 64.7 cm³/mol. The first-order valence-corrected chi connectivity index (χ1v) is 6.00. The Bertz CT molecular complexity index is 630. The number of tetrazole rings is 1. The average Bonchev–Trinajstić information content (AvgIpc) is 2.87. The van der Waals surface area contributed by atoms with E-state index >= 15 is 0 Å². The number of aromatic nitrogens is 4. The molecule has 1 heterocycles. The number of hydrogen-bond acceptors (Lipinski definition) is 4. The number of rotatable bonds is 5. The standard InChI is InChI=1S/C12H12F2N4O2/c1-2-3-10(12(19)20)18-11(15-16-17-18)7-4-5-8(13)9(14)6-7/h4-6,10H,2-3H2,1H3,(H,19,20). The lowest BCUT2D eigenvalue weighted by Crippen LogP contribution is -2.21. The highest BCUT2D eigenvalue weighted by Crippen LogP contribution is 2.23. The number of nitrogens with zero attached hydrogens (tertiary/aromatic N) is 4. The second-order valence-corrected chi connectivity index (χ2v) is 4.22. The van der Waals surface area contributed by atoms with E-state index in [9.17, 15) is 18.7 Å². The number of carboxylic acid groups (broad SMARTS) is 1. The van der Waals surface area contributed by atoms with Gasteiger partial charge in [-0.3, -0.25) is 0 Å². The molecule has 0 aliphatic carbocycles. The second kappa shape index (κ2) is 5.72. The zero-order valence-electron chi connectivity index (χ0n) is 10.6. The molecule has 2 aromatic rings. The monoisotopic (exact) mass is 282 g/mol. The molecular formula is C12H12F2N4O2. The van der Waals surface area contributed by atoms with Gasteiger partial charge in [0.2, 0.25) is 0 Å². The van der Waals surface area contributed by atoms with Gasteiger partial charge in [0, 0.05) is 5.56 Å². The van der Waals surface area contributed by atoms with E-state index < -0.39 is 23.6 Å². The SMILES string of the molecule is CCCC(C(=O)O)n1nnnc1-c1ccc(F)c(F)c1. The molecule has 0 aliphatic heterocycles. The molecule has 1 atom stereocenters. The van der Waals surface area contributed by atoms with Crippen LogP contribution in [0, 0.1) is 11.6 Å². The molecule has 0 radical (unpaired) electrons. The van der Waals surface area contributed by atoms with Gasteiger partial charge in [-0.2, -0.15) is 0 Å². The Hall–Kier alpha value is -2.38. The van der Waals surface area contributed by atoms with Crippen LogP contribution < -0.4 is 0 Å². The first-order chi connectivity index (χ1) is 9.54. The molecule has 0 fully saturated rings. The molecule has 0 aliphatic rings. The van der Waals surface area contributed by atoms with Crippen LogP contribution in [0.1, 0.15) is 25.8 Å². The topological polar surface area (TPSA) is 80.9 Å². The third kappa shape index (κ3) is 2.63. The van der Waals surface area contributed by atoms with Crippen LogP contribution in [-0.2, 0) is 4.79 Å². The maximum absolute atomic E-state index is 13.2. The molecule has 0 bridgehead atoms. The largest absolute Gasteiger partial charge is 0.480 e. The van der Waals surface area contributed by atoms with Crippen LogP contribution in [0.5, 0.6) is 0 Å². The van der Waals surface area contributed by atoms with Gasteiger partial charge in [0.1, 0.15) is 0 Å². The maximum atomic E-state index is 13.2. The lowest BCUT2D eigenvalue weighted by molar-refractivity contribution is -0.141. The van der Waals surface area contributed by atoms with Crippen LogP contribution in [0.4, 0.5) is 8.78 Å². The van der Waals surface area contributed by atoms with E-state index in [1.165, 1.54) is 6.07 Å². The van der Waals surface area contributed by atoms with Crippen molar-refractivity contribution in [1.29, 1.82) is 0 Å². The van der Waals surface area contributed by atoms with Crippen LogP contribution in [0.25, 0.3) is 11.4 Å². The van der Waals surface area contributed by atoms with Crippen LogP contribution in [0.15, 0.2) is 18.2 Å². The van der Waals surface area contributed by atoms with Crippen LogP contribution >= 0.6 is 0 Å². The molecule has 0 saturated carbocycles. The fourth-order valence-corrected chi connectivity index (χ4v) is 1.85. The molecule has 1 aromatic heterocycles. The van der Waals surface area contributed by atoms with E-state index in [0.29, 0.717) is 12.8 Å². The van der Waals surface area contributed by atoms with Crippen LogP contribution in [-0.4, -0.2) is 31.3 Å². The zero-order valence-corrected chi connectivity index (χ0v) is 10.6. The summed E-state index contributed by atoms with van der Waals surface area (Å²) in [5, 5.41) is 20.0. The van der Waals surface area contributed by atoms with Gasteiger partial charge >= 0.3 is 5.97 Å². The highest BCUT2D eigenvalue weighted by Gasteiger charge is 2.24. The fraction of sp³-hybridized carbons (Fsp3) is 0.333. The molecule has 20 heavy (non-hydrogen) atoms. The van der Waals surface area contributed by atoms with Gasteiger partial charge < -0.3 is 5.11 Å². The lowest BCUT2D eigenvalue weighted by Gasteiger charge is -2.13. The third-order valence-electron chi connectivity index (χ3n) is 2.81. The highest BCUT2D eigenvalue weighted by atomic mass is 19.2. The minimum absolute atomic E-state index is 0.0877. The molecule has 1 N–H and O–H groups in total. The summed E-state index contributed by atoms with van der Waals surface area (Å²) >= 11 is 0. The first-order valence-electron chi connectivity index (χ1n) is 6.00. The molecular weight excluding hydrogens is 270 g/mol. The van der Waals surface area contributed by atoms with Crippen molar-refractivity contribution in [2.75, 3.05) is 0 Å². The molecule has 8 heteroatoms. The Morgan fingerprint density at radius 3 is 2.75 bits per heavy atom. The Morgan fingerprint density at radius 1 is 1.40 bits per heavy atom. The Balaban J connectivity index is 2.46. The number of aliphatic carboxylic acids is 1. The van der Waals surface area contributed by atoms with E-state index in [-0.39, 0.29) is 11.4 Å². The van der Waals surface area contributed by atoms with Crippen molar-refractivity contribution < 1.29 is 18.7 Å². The van der Waals surface area contributed by atoms with E-state index in [1.54, 1.807) is 0 Å². The zero-order chi connectivity index (χ0) is 14.7. The summed E-state index contributed by atoms with van der Waals surface area (Å²) in [6.45, 7) is 1.83. The molecule has 106 valence electrons. The number of hydrogen-bond donors (Lipinski definition) is 1. The van der Waals surface area contributed by atoms with Crippen molar-refractivity contribution in [2.24, 2.45) is 0 Å². The molecule has 1 unspecified atom stereocenters. The summed E-state index contributed by atoms with van der Waals surface area (Å²) in [5.74, 6) is -3.02. The average molecular weight is 282 g/mol. The lowest BCUT2D eigenvalue weighted by atomic mass is 10.1. The predicted octanol–water partition coefficient (Wildman–Crippen LogP) is 2.04. The maximum Gasteiger partial charge on any atom is 0.328 e. The number of benzene rings is 1. The number of carboxylic acids is 1. The van der Waals surface area contributed by atoms with Gasteiger partial charge in [-0.25, -0.2) is 18.3 Å². The van der Waals surface area contributed by atoms with Crippen molar-refractivity contribution >= 4 is 5.97 Å². The van der Waals surface area contributed by atoms with E-state index in [4.69, 9.17) is 0 Å². The number of carbonyl (C=O) groups is 1. The van der Waals surface area contributed by atoms with Gasteiger partial charge in [-0.15, -0.1) is 5.10 Å². The number of halogens is 2. The van der Waals surface area contributed by atoms with Crippen molar-refractivity contribution in [3.8, 4) is 11.4 Å². The second-order valence-electron chi connectivity index (χ2n) is 4.22. The Morgan fingerprint density at radius 2 is 2.15 bits per heavy atom. The van der Waals surface area contributed by atoms with E-state index in [1.807, 2.05) is 6.92 Å². The third-order valence-corrected chi connectivity index (χ3v) is 2.81. The van der Waals surface area contributed by atoms with Gasteiger partial charge in [0.25, 0.3) is 0 Å². The van der Waals surface area contributed by atoms with Gasteiger partial charge in [0.15, 0.2) is 23.5 Å². The van der Waals surface area contributed by atoms with Crippen molar-refractivity contribution in [3.63, 3.8) is 0 Å². The molecule has 0 amide bonds. The molecule has 0 spiro atoms. The van der Waals surface area contributed by atoms with Crippen molar-refractivity contribution in [1.82, 2.24) is 20.2 Å². The fourth-order valence-electron chi connectivity index (χ4n) is 1.85. The van der Waals surface area contributed by atoms with Gasteiger partial charge in [0.05, 0.1) is 0 Å².